The zero-order valence-electron chi connectivity index (χ0n) is 11.5. The first-order chi connectivity index (χ1) is 10.0. The summed E-state index contributed by atoms with van der Waals surface area (Å²) in [5, 5.41) is 23.4. The van der Waals surface area contributed by atoms with E-state index in [4.69, 9.17) is 0 Å². The first kappa shape index (κ1) is 15.1. The zero-order valence-corrected chi connectivity index (χ0v) is 11.5. The summed E-state index contributed by atoms with van der Waals surface area (Å²) in [4.78, 5) is 14.4. The highest BCUT2D eigenvalue weighted by molar-refractivity contribution is 5.97. The van der Waals surface area contributed by atoms with Crippen LogP contribution < -0.4 is 5.32 Å². The van der Waals surface area contributed by atoms with Gasteiger partial charge < -0.3 is 10.4 Å². The number of aliphatic hydroxyl groups excluding tert-OH is 1. The van der Waals surface area contributed by atoms with Crippen LogP contribution in [0.2, 0.25) is 0 Å². The van der Waals surface area contributed by atoms with Crippen molar-refractivity contribution in [2.24, 2.45) is 0 Å². The zero-order chi connectivity index (χ0) is 15.4. The average molecular weight is 293 g/mol. The van der Waals surface area contributed by atoms with E-state index in [-0.39, 0.29) is 16.9 Å². The van der Waals surface area contributed by atoms with Crippen molar-refractivity contribution in [3.63, 3.8) is 0 Å². The number of non-ortho nitro benzene ring substituents is 1. The normalized spacial score (nSPS) is 12.3. The Balaban J connectivity index is 2.33. The molecule has 2 rings (SSSR count). The number of nitro groups is 1. The molecule has 0 aliphatic rings. The fraction of sp³-hybridized carbons (Fsp3) is 0.357. The highest BCUT2D eigenvalue weighted by atomic mass is 19.1. The fourth-order valence-electron chi connectivity index (χ4n) is 2.12. The minimum atomic E-state index is -0.704. The number of nitro benzene ring substituents is 1. The largest absolute Gasteiger partial charge is 0.393 e. The van der Waals surface area contributed by atoms with Crippen LogP contribution in [0.4, 0.5) is 15.8 Å². The summed E-state index contributed by atoms with van der Waals surface area (Å²) in [7, 11) is 0. The first-order valence-corrected chi connectivity index (χ1v) is 6.64. The van der Waals surface area contributed by atoms with Gasteiger partial charge in [-0.2, -0.15) is 0 Å². The molecule has 0 bridgehead atoms. The molecule has 2 aromatic rings. The molecule has 7 heteroatoms. The number of nitrogens with zero attached hydrogens (tertiary/aromatic N) is 2. The fourth-order valence-corrected chi connectivity index (χ4v) is 2.12. The molecule has 1 atom stereocenters. The van der Waals surface area contributed by atoms with Gasteiger partial charge >= 0.3 is 0 Å². The smallest absolute Gasteiger partial charge is 0.281 e. The number of rotatable bonds is 6. The molecular formula is C14H16FN3O3. The number of aliphatic hydroxyl groups is 1. The van der Waals surface area contributed by atoms with Crippen LogP contribution in [0.5, 0.6) is 0 Å². The highest BCUT2D eigenvalue weighted by Gasteiger charge is 2.19. The van der Waals surface area contributed by atoms with Crippen molar-refractivity contribution in [3.8, 4) is 0 Å². The molecule has 0 saturated carbocycles. The second-order valence-electron chi connectivity index (χ2n) is 4.83. The molecule has 0 radical (unpaired) electrons. The van der Waals surface area contributed by atoms with E-state index in [1.807, 2.05) is 0 Å². The molecule has 1 heterocycles. The second-order valence-corrected chi connectivity index (χ2v) is 4.83. The van der Waals surface area contributed by atoms with Gasteiger partial charge in [-0.25, -0.2) is 4.39 Å². The Morgan fingerprint density at radius 1 is 1.57 bits per heavy atom. The summed E-state index contributed by atoms with van der Waals surface area (Å²) in [5.74, 6) is -0.704. The number of nitrogens with one attached hydrogen (secondary N) is 1. The molecule has 6 nitrogen and oxygen atoms in total. The number of aromatic nitrogens is 1. The Labute approximate surface area is 120 Å². The van der Waals surface area contributed by atoms with Crippen LogP contribution in [0, 0.1) is 15.9 Å². The Hall–Kier alpha value is -2.28. The van der Waals surface area contributed by atoms with E-state index >= 15 is 0 Å². The van der Waals surface area contributed by atoms with Gasteiger partial charge in [-0.15, -0.1) is 0 Å². The summed E-state index contributed by atoms with van der Waals surface area (Å²) in [6, 6.07) is 4.02. The van der Waals surface area contributed by atoms with Crippen molar-refractivity contribution < 1.29 is 14.4 Å². The molecule has 0 fully saturated rings. The maximum Gasteiger partial charge on any atom is 0.281 e. The second kappa shape index (κ2) is 6.45. The molecule has 21 heavy (non-hydrogen) atoms. The SMILES string of the molecule is CC(O)CCCNc1c(F)cc([N+](=O)[O-])c2cccnc12. The standard InChI is InChI=1S/C14H16FN3O3/c1-9(19)4-2-6-17-14-11(15)8-12(18(20)21)10-5-3-7-16-13(10)14/h3,5,7-9,17,19H,2,4,6H2,1H3. The Morgan fingerprint density at radius 2 is 2.33 bits per heavy atom. The third-order valence-electron chi connectivity index (χ3n) is 3.12. The highest BCUT2D eigenvalue weighted by Crippen LogP contribution is 2.32. The van der Waals surface area contributed by atoms with E-state index in [1.54, 1.807) is 19.1 Å². The van der Waals surface area contributed by atoms with E-state index in [0.29, 0.717) is 24.8 Å². The molecule has 0 saturated heterocycles. The van der Waals surface area contributed by atoms with Gasteiger partial charge in [0.25, 0.3) is 5.69 Å². The van der Waals surface area contributed by atoms with Crippen molar-refractivity contribution in [3.05, 3.63) is 40.3 Å². The molecule has 0 aliphatic heterocycles. The number of hydrogen-bond donors (Lipinski definition) is 2. The Bertz CT molecular complexity index is 661. The number of pyridine rings is 1. The summed E-state index contributed by atoms with van der Waals surface area (Å²) >= 11 is 0. The Morgan fingerprint density at radius 3 is 3.00 bits per heavy atom. The summed E-state index contributed by atoms with van der Waals surface area (Å²) in [6.45, 7) is 2.13. The van der Waals surface area contributed by atoms with E-state index in [1.165, 1.54) is 6.20 Å². The summed E-state index contributed by atoms with van der Waals surface area (Å²) in [5.41, 5.74) is 0.0909. The third kappa shape index (κ3) is 3.43. The molecule has 0 spiro atoms. The monoisotopic (exact) mass is 293 g/mol. The van der Waals surface area contributed by atoms with Crippen LogP contribution in [0.1, 0.15) is 19.8 Å². The lowest BCUT2D eigenvalue weighted by Gasteiger charge is -2.11. The third-order valence-corrected chi connectivity index (χ3v) is 3.12. The molecular weight excluding hydrogens is 277 g/mol. The quantitative estimate of drug-likeness (QED) is 0.485. The number of hydrogen-bond acceptors (Lipinski definition) is 5. The molecule has 0 amide bonds. The minimum absolute atomic E-state index is 0.154. The van der Waals surface area contributed by atoms with Crippen LogP contribution >= 0.6 is 0 Å². The van der Waals surface area contributed by atoms with E-state index in [0.717, 1.165) is 6.07 Å². The van der Waals surface area contributed by atoms with Crippen molar-refractivity contribution in [2.75, 3.05) is 11.9 Å². The molecule has 0 aliphatic carbocycles. The van der Waals surface area contributed by atoms with Gasteiger partial charge in [0.05, 0.1) is 28.2 Å². The average Bonchev–Trinajstić information content (AvgIpc) is 2.44. The van der Waals surface area contributed by atoms with Gasteiger partial charge in [0, 0.05) is 12.7 Å². The lowest BCUT2D eigenvalue weighted by molar-refractivity contribution is -0.383. The topological polar surface area (TPSA) is 88.3 Å². The summed E-state index contributed by atoms with van der Waals surface area (Å²) < 4.78 is 14.1. The minimum Gasteiger partial charge on any atom is -0.393 e. The molecule has 1 unspecified atom stereocenters. The molecule has 1 aromatic carbocycles. The number of halogens is 1. The van der Waals surface area contributed by atoms with Crippen LogP contribution in [-0.2, 0) is 0 Å². The maximum atomic E-state index is 14.1. The van der Waals surface area contributed by atoms with Crippen molar-refractivity contribution in [2.45, 2.75) is 25.9 Å². The predicted octanol–water partition coefficient (Wildman–Crippen LogP) is 2.86. The Kier molecular flexibility index (Phi) is 4.64. The van der Waals surface area contributed by atoms with Gasteiger partial charge in [0.2, 0.25) is 0 Å². The van der Waals surface area contributed by atoms with Crippen molar-refractivity contribution in [1.82, 2.24) is 4.98 Å². The van der Waals surface area contributed by atoms with Gasteiger partial charge in [-0.3, -0.25) is 15.1 Å². The van der Waals surface area contributed by atoms with E-state index < -0.39 is 16.8 Å². The van der Waals surface area contributed by atoms with Crippen LogP contribution in [-0.4, -0.2) is 27.7 Å². The van der Waals surface area contributed by atoms with Crippen molar-refractivity contribution in [1.29, 1.82) is 0 Å². The lowest BCUT2D eigenvalue weighted by atomic mass is 10.1. The molecule has 112 valence electrons. The molecule has 1 aromatic heterocycles. The van der Waals surface area contributed by atoms with Crippen LogP contribution in [0.3, 0.4) is 0 Å². The maximum absolute atomic E-state index is 14.1. The predicted molar refractivity (Wildman–Crippen MR) is 77.8 cm³/mol. The number of benzene rings is 1. The lowest BCUT2D eigenvalue weighted by Crippen LogP contribution is -2.08. The number of fused-ring (bicyclic) bond motifs is 1. The first-order valence-electron chi connectivity index (χ1n) is 6.64. The van der Waals surface area contributed by atoms with Gasteiger partial charge in [-0.1, -0.05) is 0 Å². The molecule has 2 N–H and O–H groups in total. The van der Waals surface area contributed by atoms with Crippen LogP contribution in [0.15, 0.2) is 24.4 Å². The van der Waals surface area contributed by atoms with Gasteiger partial charge in [0.15, 0.2) is 5.82 Å². The van der Waals surface area contributed by atoms with Gasteiger partial charge in [-0.05, 0) is 31.9 Å². The number of anilines is 1. The van der Waals surface area contributed by atoms with E-state index in [2.05, 4.69) is 10.3 Å². The van der Waals surface area contributed by atoms with Gasteiger partial charge in [0.1, 0.15) is 5.52 Å². The van der Waals surface area contributed by atoms with Crippen molar-refractivity contribution >= 4 is 22.3 Å². The summed E-state index contributed by atoms with van der Waals surface area (Å²) in [6.07, 6.45) is 2.30. The van der Waals surface area contributed by atoms with Crippen LogP contribution in [0.25, 0.3) is 10.9 Å². The van der Waals surface area contributed by atoms with E-state index in [9.17, 15) is 19.6 Å².